The summed E-state index contributed by atoms with van der Waals surface area (Å²) in [4.78, 5) is 8.24. The number of benzene rings is 1. The Labute approximate surface area is 120 Å². The minimum Gasteiger partial charge on any atom is -0.481 e. The number of ether oxygens (including phenoxy) is 1. The van der Waals surface area contributed by atoms with Crippen molar-refractivity contribution in [3.8, 4) is 17.1 Å². The maximum Gasteiger partial charge on any atom is 0.223 e. The first-order valence-electron chi connectivity index (χ1n) is 6.75. The number of aromatic nitrogens is 2. The van der Waals surface area contributed by atoms with Crippen LogP contribution in [0.5, 0.6) is 5.88 Å². The molecule has 0 unspecified atom stereocenters. The summed E-state index contributed by atoms with van der Waals surface area (Å²) in [5.74, 6) is 0.697. The molecule has 2 rings (SSSR count). The summed E-state index contributed by atoms with van der Waals surface area (Å²) < 4.78 is 5.12. The molecule has 0 amide bonds. The molecule has 2 N–H and O–H groups in total. The third kappa shape index (κ3) is 2.90. The summed E-state index contributed by atoms with van der Waals surface area (Å²) in [5, 5.41) is 0. The van der Waals surface area contributed by atoms with Gasteiger partial charge in [0, 0.05) is 11.6 Å². The first kappa shape index (κ1) is 14.3. The van der Waals surface area contributed by atoms with E-state index in [1.807, 2.05) is 0 Å². The van der Waals surface area contributed by atoms with Gasteiger partial charge >= 0.3 is 0 Å². The smallest absolute Gasteiger partial charge is 0.223 e. The number of nitrogens with two attached hydrogens (primary N) is 1. The standard InChI is InChI=1S/C16H21N3O/c1-5-16(2,3)12-8-6-11(7-9-12)13-10-14(20-4)19-15(17)18-13/h6-10H,5H2,1-4H3,(H2,17,18,19). The topological polar surface area (TPSA) is 61.0 Å². The number of anilines is 1. The molecule has 0 bridgehead atoms. The number of hydrogen-bond acceptors (Lipinski definition) is 4. The van der Waals surface area contributed by atoms with Gasteiger partial charge in [-0.25, -0.2) is 4.98 Å². The molecule has 0 spiro atoms. The van der Waals surface area contributed by atoms with Crippen LogP contribution in [0.4, 0.5) is 5.95 Å². The summed E-state index contributed by atoms with van der Waals surface area (Å²) in [6.45, 7) is 6.69. The Morgan fingerprint density at radius 3 is 2.35 bits per heavy atom. The highest BCUT2D eigenvalue weighted by Gasteiger charge is 2.17. The lowest BCUT2D eigenvalue weighted by Gasteiger charge is -2.23. The van der Waals surface area contributed by atoms with Crippen molar-refractivity contribution in [2.24, 2.45) is 0 Å². The van der Waals surface area contributed by atoms with Gasteiger partial charge in [-0.2, -0.15) is 4.98 Å². The molecule has 0 saturated carbocycles. The molecule has 0 fully saturated rings. The van der Waals surface area contributed by atoms with Crippen LogP contribution in [0.15, 0.2) is 30.3 Å². The maximum atomic E-state index is 5.69. The molecule has 0 aliphatic rings. The quantitative estimate of drug-likeness (QED) is 0.925. The van der Waals surface area contributed by atoms with E-state index in [1.54, 1.807) is 13.2 Å². The van der Waals surface area contributed by atoms with Crippen LogP contribution in [0.1, 0.15) is 32.8 Å². The van der Waals surface area contributed by atoms with Gasteiger partial charge in [0.25, 0.3) is 0 Å². The van der Waals surface area contributed by atoms with E-state index in [4.69, 9.17) is 10.5 Å². The third-order valence-corrected chi connectivity index (χ3v) is 3.78. The van der Waals surface area contributed by atoms with Crippen LogP contribution >= 0.6 is 0 Å². The Morgan fingerprint density at radius 1 is 1.15 bits per heavy atom. The Morgan fingerprint density at radius 2 is 1.80 bits per heavy atom. The Kier molecular flexibility index (Phi) is 3.93. The van der Waals surface area contributed by atoms with E-state index in [0.717, 1.165) is 17.7 Å². The number of nitrogen functional groups attached to an aromatic ring is 1. The highest BCUT2D eigenvalue weighted by atomic mass is 16.5. The van der Waals surface area contributed by atoms with Crippen molar-refractivity contribution >= 4 is 5.95 Å². The number of methoxy groups -OCH3 is 1. The van der Waals surface area contributed by atoms with E-state index in [1.165, 1.54) is 5.56 Å². The van der Waals surface area contributed by atoms with E-state index in [-0.39, 0.29) is 11.4 Å². The largest absolute Gasteiger partial charge is 0.481 e. The lowest BCUT2D eigenvalue weighted by molar-refractivity contribution is 0.398. The molecule has 4 nitrogen and oxygen atoms in total. The molecule has 20 heavy (non-hydrogen) atoms. The Balaban J connectivity index is 2.37. The highest BCUT2D eigenvalue weighted by molar-refractivity contribution is 5.62. The molecule has 0 aliphatic heterocycles. The van der Waals surface area contributed by atoms with Gasteiger partial charge in [-0.1, -0.05) is 45.0 Å². The van der Waals surface area contributed by atoms with E-state index >= 15 is 0 Å². The van der Waals surface area contributed by atoms with Crippen LogP contribution in [0.3, 0.4) is 0 Å². The first-order chi connectivity index (χ1) is 9.46. The van der Waals surface area contributed by atoms with Crippen molar-refractivity contribution in [2.45, 2.75) is 32.6 Å². The summed E-state index contributed by atoms with van der Waals surface area (Å²) in [7, 11) is 1.57. The SMILES string of the molecule is CCC(C)(C)c1ccc(-c2cc(OC)nc(N)n2)cc1. The predicted octanol–water partition coefficient (Wildman–Crippen LogP) is 3.42. The van der Waals surface area contributed by atoms with Crippen LogP contribution in [-0.2, 0) is 5.41 Å². The molecule has 0 saturated heterocycles. The first-order valence-corrected chi connectivity index (χ1v) is 6.75. The molecule has 2 aromatic rings. The van der Waals surface area contributed by atoms with Crippen molar-refractivity contribution in [1.29, 1.82) is 0 Å². The predicted molar refractivity (Wildman–Crippen MR) is 81.7 cm³/mol. The normalized spacial score (nSPS) is 11.4. The van der Waals surface area contributed by atoms with Gasteiger partial charge in [0.15, 0.2) is 0 Å². The second-order valence-electron chi connectivity index (χ2n) is 5.47. The molecule has 4 heteroatoms. The van der Waals surface area contributed by atoms with E-state index in [2.05, 4.69) is 55.0 Å². The lowest BCUT2D eigenvalue weighted by Crippen LogP contribution is -2.15. The molecular weight excluding hydrogens is 250 g/mol. The van der Waals surface area contributed by atoms with Crippen molar-refractivity contribution in [2.75, 3.05) is 12.8 Å². The summed E-state index contributed by atoms with van der Waals surface area (Å²) in [6.07, 6.45) is 1.10. The summed E-state index contributed by atoms with van der Waals surface area (Å²) in [6, 6.07) is 10.2. The second kappa shape index (κ2) is 5.49. The highest BCUT2D eigenvalue weighted by Crippen LogP contribution is 2.29. The molecule has 1 aromatic heterocycles. The number of nitrogens with zero attached hydrogens (tertiary/aromatic N) is 2. The number of hydrogen-bond donors (Lipinski definition) is 1. The average Bonchev–Trinajstić information content (AvgIpc) is 2.46. The summed E-state index contributed by atoms with van der Waals surface area (Å²) in [5.41, 5.74) is 8.97. The third-order valence-electron chi connectivity index (χ3n) is 3.78. The van der Waals surface area contributed by atoms with Crippen LogP contribution in [0.2, 0.25) is 0 Å². The fourth-order valence-electron chi connectivity index (χ4n) is 1.99. The van der Waals surface area contributed by atoms with Crippen LogP contribution in [0, 0.1) is 0 Å². The van der Waals surface area contributed by atoms with Gasteiger partial charge in [-0.3, -0.25) is 0 Å². The fraction of sp³-hybridized carbons (Fsp3) is 0.375. The lowest BCUT2D eigenvalue weighted by atomic mass is 9.82. The van der Waals surface area contributed by atoms with Crippen LogP contribution < -0.4 is 10.5 Å². The van der Waals surface area contributed by atoms with Gasteiger partial charge < -0.3 is 10.5 Å². The zero-order chi connectivity index (χ0) is 14.8. The molecule has 106 valence electrons. The molecule has 1 heterocycles. The molecule has 0 aliphatic carbocycles. The minimum absolute atomic E-state index is 0.181. The Bertz CT molecular complexity index is 591. The van der Waals surface area contributed by atoms with E-state index in [9.17, 15) is 0 Å². The monoisotopic (exact) mass is 271 g/mol. The second-order valence-corrected chi connectivity index (χ2v) is 5.47. The minimum atomic E-state index is 0.181. The zero-order valence-corrected chi connectivity index (χ0v) is 12.5. The average molecular weight is 271 g/mol. The number of rotatable bonds is 4. The van der Waals surface area contributed by atoms with Gasteiger partial charge in [0.05, 0.1) is 12.8 Å². The van der Waals surface area contributed by atoms with Crippen molar-refractivity contribution in [3.63, 3.8) is 0 Å². The molecule has 1 aromatic carbocycles. The van der Waals surface area contributed by atoms with Crippen molar-refractivity contribution in [3.05, 3.63) is 35.9 Å². The maximum absolute atomic E-state index is 5.69. The van der Waals surface area contributed by atoms with Crippen molar-refractivity contribution in [1.82, 2.24) is 9.97 Å². The van der Waals surface area contributed by atoms with Gasteiger partial charge in [-0.15, -0.1) is 0 Å². The van der Waals surface area contributed by atoms with Gasteiger partial charge in [-0.05, 0) is 17.4 Å². The molecular formula is C16H21N3O. The van der Waals surface area contributed by atoms with E-state index < -0.39 is 0 Å². The van der Waals surface area contributed by atoms with Crippen LogP contribution in [0.25, 0.3) is 11.3 Å². The van der Waals surface area contributed by atoms with Gasteiger partial charge in [0.1, 0.15) is 0 Å². The summed E-state index contributed by atoms with van der Waals surface area (Å²) >= 11 is 0. The fourth-order valence-corrected chi connectivity index (χ4v) is 1.99. The van der Waals surface area contributed by atoms with E-state index in [0.29, 0.717) is 5.88 Å². The zero-order valence-electron chi connectivity index (χ0n) is 12.5. The van der Waals surface area contributed by atoms with Gasteiger partial charge in [0.2, 0.25) is 11.8 Å². The molecule has 0 atom stereocenters. The van der Waals surface area contributed by atoms with Crippen LogP contribution in [-0.4, -0.2) is 17.1 Å². The van der Waals surface area contributed by atoms with Crippen molar-refractivity contribution < 1.29 is 4.74 Å². The molecule has 0 radical (unpaired) electrons. The Hall–Kier alpha value is -2.10.